The number of aromatic nitrogens is 2. The van der Waals surface area contributed by atoms with E-state index >= 15 is 0 Å². The second kappa shape index (κ2) is 12.6. The Morgan fingerprint density at radius 3 is 2.69 bits per heavy atom. The summed E-state index contributed by atoms with van der Waals surface area (Å²) >= 11 is 22.6. The van der Waals surface area contributed by atoms with E-state index in [1.54, 1.807) is 12.1 Å². The normalized spacial score (nSPS) is 21.1. The Hall–Kier alpha value is -3.17. The predicted molar refractivity (Wildman–Crippen MR) is 181 cm³/mol. The Morgan fingerprint density at radius 1 is 1.02 bits per heavy atom. The SMILES string of the molecule is O=C(NCCS)c1cccc(Cn2cc(-c3cccc4c3C3CC3CN4C(=O)C3CC3COc3cc(Cl)c(Cl)cc3Cl)cn2)c1. The molecule has 232 valence electrons. The Kier molecular flexibility index (Phi) is 8.50. The maximum Gasteiger partial charge on any atom is 0.251 e. The van der Waals surface area contributed by atoms with Crippen molar-refractivity contribution in [3.63, 3.8) is 0 Å². The average molecular weight is 682 g/mol. The zero-order valence-corrected chi connectivity index (χ0v) is 27.4. The molecule has 2 aliphatic carbocycles. The minimum Gasteiger partial charge on any atom is -0.492 e. The topological polar surface area (TPSA) is 76.5 Å². The number of ether oxygens (including phenoxy) is 1. The average Bonchev–Trinajstić information content (AvgIpc) is 3.96. The maximum absolute atomic E-state index is 13.8. The summed E-state index contributed by atoms with van der Waals surface area (Å²) in [7, 11) is 0. The van der Waals surface area contributed by atoms with Crippen LogP contribution in [0.4, 0.5) is 5.69 Å². The van der Waals surface area contributed by atoms with Crippen molar-refractivity contribution >= 4 is 64.9 Å². The molecule has 2 saturated carbocycles. The van der Waals surface area contributed by atoms with Gasteiger partial charge in [0.2, 0.25) is 5.91 Å². The first-order chi connectivity index (χ1) is 21.8. The number of fused-ring (bicyclic) bond motifs is 3. The fraction of sp³-hybridized carbons (Fsp3) is 0.324. The van der Waals surface area contributed by atoms with Crippen LogP contribution < -0.4 is 15.0 Å². The third-order valence-corrected chi connectivity index (χ3v) is 10.1. The van der Waals surface area contributed by atoms with Gasteiger partial charge in [-0.05, 0) is 65.6 Å². The number of carbonyl (C=O) groups excluding carboxylic acids is 2. The third-order valence-electron chi connectivity index (χ3n) is 8.89. The number of hydrogen-bond donors (Lipinski definition) is 2. The number of nitrogens with one attached hydrogen (secondary N) is 1. The molecule has 3 aliphatic rings. The van der Waals surface area contributed by atoms with Crippen LogP contribution in [0.25, 0.3) is 11.1 Å². The second-order valence-corrected chi connectivity index (χ2v) is 13.7. The third kappa shape index (κ3) is 6.30. The molecule has 0 saturated heterocycles. The van der Waals surface area contributed by atoms with Crippen molar-refractivity contribution in [1.82, 2.24) is 15.1 Å². The van der Waals surface area contributed by atoms with E-state index < -0.39 is 0 Å². The summed E-state index contributed by atoms with van der Waals surface area (Å²) in [5, 5.41) is 8.66. The molecule has 1 aliphatic heterocycles. The number of hydrogen-bond acceptors (Lipinski definition) is 5. The Balaban J connectivity index is 1.05. The van der Waals surface area contributed by atoms with Crippen LogP contribution >= 0.6 is 47.4 Å². The van der Waals surface area contributed by atoms with E-state index in [0.29, 0.717) is 63.7 Å². The molecule has 7 nitrogen and oxygen atoms in total. The molecule has 0 bridgehead atoms. The van der Waals surface area contributed by atoms with Crippen LogP contribution in [-0.2, 0) is 11.3 Å². The number of nitrogens with zero attached hydrogens (tertiary/aromatic N) is 3. The monoisotopic (exact) mass is 680 g/mol. The van der Waals surface area contributed by atoms with Crippen LogP contribution in [0.15, 0.2) is 67.0 Å². The van der Waals surface area contributed by atoms with Gasteiger partial charge in [-0.25, -0.2) is 0 Å². The summed E-state index contributed by atoms with van der Waals surface area (Å²) in [5.41, 5.74) is 5.98. The van der Waals surface area contributed by atoms with Gasteiger partial charge in [-0.1, -0.05) is 59.1 Å². The van der Waals surface area contributed by atoms with Gasteiger partial charge in [0.1, 0.15) is 5.75 Å². The minimum absolute atomic E-state index is 0.0863. The summed E-state index contributed by atoms with van der Waals surface area (Å²) in [6.07, 6.45) is 5.79. The number of amides is 2. The van der Waals surface area contributed by atoms with E-state index in [1.165, 1.54) is 5.56 Å². The zero-order valence-electron chi connectivity index (χ0n) is 24.3. The number of benzene rings is 3. The molecule has 1 N–H and O–H groups in total. The molecule has 4 unspecified atom stereocenters. The van der Waals surface area contributed by atoms with Crippen LogP contribution in [0.2, 0.25) is 15.1 Å². The fourth-order valence-corrected chi connectivity index (χ4v) is 7.08. The van der Waals surface area contributed by atoms with E-state index in [-0.39, 0.29) is 23.7 Å². The van der Waals surface area contributed by atoms with Crippen LogP contribution in [0.1, 0.15) is 40.2 Å². The minimum atomic E-state index is -0.109. The van der Waals surface area contributed by atoms with Crippen molar-refractivity contribution in [3.05, 3.63) is 98.7 Å². The molecule has 7 rings (SSSR count). The van der Waals surface area contributed by atoms with Gasteiger partial charge in [0.25, 0.3) is 5.91 Å². The van der Waals surface area contributed by atoms with Gasteiger partial charge in [-0.2, -0.15) is 17.7 Å². The van der Waals surface area contributed by atoms with Crippen LogP contribution in [0.3, 0.4) is 0 Å². The van der Waals surface area contributed by atoms with E-state index in [2.05, 4.69) is 35.2 Å². The highest BCUT2D eigenvalue weighted by Crippen LogP contribution is 2.58. The Morgan fingerprint density at radius 2 is 1.84 bits per heavy atom. The molecule has 11 heteroatoms. The highest BCUT2D eigenvalue weighted by Gasteiger charge is 2.52. The summed E-state index contributed by atoms with van der Waals surface area (Å²) in [6.45, 7) is 2.20. The molecule has 0 spiro atoms. The molecule has 2 heterocycles. The number of carbonyl (C=O) groups is 2. The molecule has 2 amide bonds. The summed E-state index contributed by atoms with van der Waals surface area (Å²) in [6, 6.07) is 17.0. The number of thiol groups is 1. The first kappa shape index (κ1) is 30.5. The van der Waals surface area contributed by atoms with Crippen LogP contribution in [-0.4, -0.2) is 47.0 Å². The number of anilines is 1. The van der Waals surface area contributed by atoms with E-state index in [9.17, 15) is 9.59 Å². The molecule has 0 radical (unpaired) electrons. The summed E-state index contributed by atoms with van der Waals surface area (Å²) in [5.74, 6) is 2.06. The molecule has 45 heavy (non-hydrogen) atoms. The van der Waals surface area contributed by atoms with Gasteiger partial charge in [0, 0.05) is 59.8 Å². The van der Waals surface area contributed by atoms with E-state index in [4.69, 9.17) is 39.5 Å². The standard InChI is InChI=1S/C34H31Cl3N4O3S/c35-27-12-29(37)31(13-28(27)36)44-18-22-11-26(22)34(43)41-17-21-10-25(21)32-24(5-2-6-30(32)41)23-14-39-40(16-23)15-19-3-1-4-20(9-19)33(42)38-7-8-45/h1-6,9,12-14,16,21-22,25-26,45H,7-8,10-11,15,17-18H2,(H,38,42). The van der Waals surface area contributed by atoms with Gasteiger partial charge in [-0.3, -0.25) is 14.3 Å². The number of rotatable bonds is 10. The highest BCUT2D eigenvalue weighted by molar-refractivity contribution is 7.80. The molecule has 3 aromatic carbocycles. The summed E-state index contributed by atoms with van der Waals surface area (Å²) in [4.78, 5) is 28.2. The molecule has 2 fully saturated rings. The molecule has 1 aromatic heterocycles. The maximum atomic E-state index is 13.8. The smallest absolute Gasteiger partial charge is 0.251 e. The Labute approximate surface area is 282 Å². The molecular formula is C34H31Cl3N4O3S. The molecular weight excluding hydrogens is 651 g/mol. The van der Waals surface area contributed by atoms with Crippen molar-refractivity contribution in [1.29, 1.82) is 0 Å². The fourth-order valence-electron chi connectivity index (χ4n) is 6.38. The quantitative estimate of drug-likeness (QED) is 0.135. The predicted octanol–water partition coefficient (Wildman–Crippen LogP) is 7.38. The largest absolute Gasteiger partial charge is 0.492 e. The van der Waals surface area contributed by atoms with Gasteiger partial charge < -0.3 is 15.0 Å². The van der Waals surface area contributed by atoms with Crippen LogP contribution in [0, 0.1) is 17.8 Å². The van der Waals surface area contributed by atoms with Gasteiger partial charge >= 0.3 is 0 Å². The van der Waals surface area contributed by atoms with Crippen molar-refractivity contribution < 1.29 is 14.3 Å². The summed E-state index contributed by atoms with van der Waals surface area (Å²) < 4.78 is 7.83. The number of halogens is 3. The lowest BCUT2D eigenvalue weighted by Gasteiger charge is -2.31. The van der Waals surface area contributed by atoms with E-state index in [0.717, 1.165) is 41.8 Å². The van der Waals surface area contributed by atoms with Crippen LogP contribution in [0.5, 0.6) is 5.75 Å². The second-order valence-electron chi connectivity index (χ2n) is 12.0. The van der Waals surface area contributed by atoms with Crippen molar-refractivity contribution in [2.45, 2.75) is 25.3 Å². The molecule has 4 aromatic rings. The van der Waals surface area contributed by atoms with Crippen molar-refractivity contribution in [2.75, 3.05) is 30.3 Å². The van der Waals surface area contributed by atoms with Gasteiger partial charge in [-0.15, -0.1) is 0 Å². The zero-order chi connectivity index (χ0) is 31.2. The molecule has 4 atom stereocenters. The first-order valence-corrected chi connectivity index (χ1v) is 16.8. The lowest BCUT2D eigenvalue weighted by atomic mass is 9.92. The van der Waals surface area contributed by atoms with Gasteiger partial charge in [0.15, 0.2) is 0 Å². The highest BCUT2D eigenvalue weighted by atomic mass is 35.5. The van der Waals surface area contributed by atoms with E-state index in [1.807, 2.05) is 52.3 Å². The lowest BCUT2D eigenvalue weighted by Crippen LogP contribution is -2.37. The van der Waals surface area contributed by atoms with Crippen molar-refractivity contribution in [3.8, 4) is 16.9 Å². The lowest BCUT2D eigenvalue weighted by molar-refractivity contribution is -0.120. The van der Waals surface area contributed by atoms with Gasteiger partial charge in [0.05, 0.1) is 34.4 Å². The first-order valence-electron chi connectivity index (χ1n) is 15.0. The van der Waals surface area contributed by atoms with Crippen molar-refractivity contribution in [2.24, 2.45) is 17.8 Å². The Bertz CT molecular complexity index is 1800.